The molecule has 1 fully saturated rings. The smallest absolute Gasteiger partial charge is 0.251 e. The number of carbonyl (C=O) groups is 1. The van der Waals surface area contributed by atoms with Gasteiger partial charge >= 0.3 is 0 Å². The van der Waals surface area contributed by atoms with Crippen LogP contribution in [0.25, 0.3) is 0 Å². The normalized spacial score (nSPS) is 22.1. The summed E-state index contributed by atoms with van der Waals surface area (Å²) in [5.41, 5.74) is 1.21. The van der Waals surface area contributed by atoms with Gasteiger partial charge in [-0.3, -0.25) is 4.79 Å². The van der Waals surface area contributed by atoms with Gasteiger partial charge in [-0.25, -0.2) is 13.6 Å². The third-order valence-electron chi connectivity index (χ3n) is 3.46. The molecule has 2 rings (SSSR count). The van der Waals surface area contributed by atoms with E-state index in [0.29, 0.717) is 17.9 Å². The molecule has 2 atom stereocenters. The minimum Gasteiger partial charge on any atom is -0.349 e. The summed E-state index contributed by atoms with van der Waals surface area (Å²) in [6, 6.07) is 4.64. The highest BCUT2D eigenvalue weighted by Crippen LogP contribution is 2.29. The second kappa shape index (κ2) is 4.94. The van der Waals surface area contributed by atoms with Gasteiger partial charge in [0.15, 0.2) is 0 Å². The molecular weight excluding hydrogens is 264 g/mol. The molecule has 0 saturated heterocycles. The van der Waals surface area contributed by atoms with Crippen LogP contribution in [0.3, 0.4) is 0 Å². The number of sulfonamides is 1. The van der Waals surface area contributed by atoms with Crippen LogP contribution < -0.4 is 10.5 Å². The summed E-state index contributed by atoms with van der Waals surface area (Å²) >= 11 is 0. The predicted octanol–water partition coefficient (Wildman–Crippen LogP) is 1.03. The van der Waals surface area contributed by atoms with Gasteiger partial charge in [0, 0.05) is 11.6 Å². The maximum Gasteiger partial charge on any atom is 0.251 e. The van der Waals surface area contributed by atoms with Crippen LogP contribution in [0.15, 0.2) is 23.1 Å². The monoisotopic (exact) mass is 282 g/mol. The van der Waals surface area contributed by atoms with Crippen molar-refractivity contribution in [3.05, 3.63) is 29.3 Å². The Bertz CT molecular complexity index is 610. The quantitative estimate of drug-likeness (QED) is 0.864. The zero-order chi connectivity index (χ0) is 14.2. The van der Waals surface area contributed by atoms with E-state index < -0.39 is 10.0 Å². The maximum atomic E-state index is 12.2. The van der Waals surface area contributed by atoms with E-state index in [1.54, 1.807) is 6.07 Å². The fourth-order valence-corrected chi connectivity index (χ4v) is 2.56. The summed E-state index contributed by atoms with van der Waals surface area (Å²) in [6.45, 7) is 3.98. The Labute approximate surface area is 113 Å². The lowest BCUT2D eigenvalue weighted by atomic mass is 10.0. The number of hydrogen-bond donors (Lipinski definition) is 2. The van der Waals surface area contributed by atoms with Gasteiger partial charge in [0.1, 0.15) is 0 Å². The third kappa shape index (κ3) is 3.13. The van der Waals surface area contributed by atoms with Gasteiger partial charge in [0.2, 0.25) is 10.0 Å². The van der Waals surface area contributed by atoms with Crippen LogP contribution >= 0.6 is 0 Å². The van der Waals surface area contributed by atoms with Crippen molar-refractivity contribution in [2.24, 2.45) is 11.1 Å². The highest BCUT2D eigenvalue weighted by atomic mass is 32.2. The lowest BCUT2D eigenvalue weighted by molar-refractivity contribution is 0.0948. The van der Waals surface area contributed by atoms with Gasteiger partial charge in [0.25, 0.3) is 5.91 Å². The van der Waals surface area contributed by atoms with Gasteiger partial charge in [-0.15, -0.1) is 0 Å². The van der Waals surface area contributed by atoms with E-state index in [4.69, 9.17) is 5.14 Å². The zero-order valence-corrected chi connectivity index (χ0v) is 11.8. The molecule has 1 aromatic carbocycles. The minimum absolute atomic E-state index is 0.0290. The largest absolute Gasteiger partial charge is 0.349 e. The number of carbonyl (C=O) groups excluding carboxylic acids is 1. The number of rotatable bonds is 4. The standard InChI is InChI=1S/C13H18N2O3S/c1-3-9-4-5-10(19(14,17)18)7-11(9)13(16)15-12-6-8(12)2/h4-5,7-8,12H,3,6H2,1-2H3,(H,15,16)(H2,14,17,18). The van der Waals surface area contributed by atoms with Crippen LogP contribution in [0, 0.1) is 5.92 Å². The van der Waals surface area contributed by atoms with Gasteiger partial charge in [-0.05, 0) is 36.5 Å². The first-order valence-electron chi connectivity index (χ1n) is 6.29. The van der Waals surface area contributed by atoms with E-state index in [-0.39, 0.29) is 16.8 Å². The number of amides is 1. The first kappa shape index (κ1) is 14.0. The molecule has 1 aromatic rings. The molecule has 2 unspecified atom stereocenters. The number of aryl methyl sites for hydroxylation is 1. The van der Waals surface area contributed by atoms with E-state index in [9.17, 15) is 13.2 Å². The molecule has 0 radical (unpaired) electrons. The van der Waals surface area contributed by atoms with E-state index in [1.165, 1.54) is 12.1 Å². The van der Waals surface area contributed by atoms with Crippen molar-refractivity contribution in [2.45, 2.75) is 37.6 Å². The summed E-state index contributed by atoms with van der Waals surface area (Å²) in [5, 5.41) is 7.99. The van der Waals surface area contributed by atoms with Gasteiger partial charge < -0.3 is 5.32 Å². The first-order chi connectivity index (χ1) is 8.82. The van der Waals surface area contributed by atoms with Crippen molar-refractivity contribution < 1.29 is 13.2 Å². The van der Waals surface area contributed by atoms with Crippen molar-refractivity contribution in [2.75, 3.05) is 0 Å². The van der Waals surface area contributed by atoms with Crippen molar-refractivity contribution in [3.63, 3.8) is 0 Å². The molecule has 0 aliphatic heterocycles. The molecular formula is C13H18N2O3S. The van der Waals surface area contributed by atoms with E-state index in [2.05, 4.69) is 12.2 Å². The Kier molecular flexibility index (Phi) is 3.64. The molecule has 0 aromatic heterocycles. The number of benzene rings is 1. The van der Waals surface area contributed by atoms with Crippen molar-refractivity contribution in [3.8, 4) is 0 Å². The van der Waals surface area contributed by atoms with E-state index in [0.717, 1.165) is 12.0 Å². The Morgan fingerprint density at radius 3 is 2.58 bits per heavy atom. The SMILES string of the molecule is CCc1ccc(S(N)(=O)=O)cc1C(=O)NC1CC1C. The molecule has 104 valence electrons. The Morgan fingerprint density at radius 1 is 1.47 bits per heavy atom. The summed E-state index contributed by atoms with van der Waals surface area (Å²) < 4.78 is 22.7. The van der Waals surface area contributed by atoms with E-state index >= 15 is 0 Å². The Balaban J connectivity index is 2.33. The lowest BCUT2D eigenvalue weighted by Gasteiger charge is -2.10. The molecule has 1 amide bonds. The fraction of sp³-hybridized carbons (Fsp3) is 0.462. The Morgan fingerprint density at radius 2 is 2.11 bits per heavy atom. The maximum absolute atomic E-state index is 12.2. The van der Waals surface area contributed by atoms with Gasteiger partial charge in [-0.1, -0.05) is 19.9 Å². The first-order valence-corrected chi connectivity index (χ1v) is 7.84. The van der Waals surface area contributed by atoms with E-state index in [1.807, 2.05) is 6.92 Å². The molecule has 3 N–H and O–H groups in total. The molecule has 19 heavy (non-hydrogen) atoms. The molecule has 0 heterocycles. The molecule has 5 nitrogen and oxygen atoms in total. The van der Waals surface area contributed by atoms with Crippen LogP contribution in [0.2, 0.25) is 0 Å². The van der Waals surface area contributed by atoms with Crippen LogP contribution in [0.4, 0.5) is 0 Å². The van der Waals surface area contributed by atoms with Gasteiger partial charge in [-0.2, -0.15) is 0 Å². The number of primary sulfonamides is 1. The fourth-order valence-electron chi connectivity index (χ4n) is 2.02. The third-order valence-corrected chi connectivity index (χ3v) is 4.37. The summed E-state index contributed by atoms with van der Waals surface area (Å²) in [7, 11) is -3.79. The summed E-state index contributed by atoms with van der Waals surface area (Å²) in [6.07, 6.45) is 1.63. The second-order valence-corrected chi connectivity index (χ2v) is 6.57. The van der Waals surface area contributed by atoms with Gasteiger partial charge in [0.05, 0.1) is 4.90 Å². The highest BCUT2D eigenvalue weighted by Gasteiger charge is 2.34. The van der Waals surface area contributed by atoms with Crippen LogP contribution in [-0.2, 0) is 16.4 Å². The summed E-state index contributed by atoms with van der Waals surface area (Å²) in [4.78, 5) is 12.1. The zero-order valence-electron chi connectivity index (χ0n) is 11.0. The predicted molar refractivity (Wildman–Crippen MR) is 72.2 cm³/mol. The molecule has 1 saturated carbocycles. The van der Waals surface area contributed by atoms with Crippen molar-refractivity contribution in [1.82, 2.24) is 5.32 Å². The molecule has 0 bridgehead atoms. The topological polar surface area (TPSA) is 89.3 Å². The second-order valence-electron chi connectivity index (χ2n) is 5.01. The minimum atomic E-state index is -3.79. The summed E-state index contributed by atoms with van der Waals surface area (Å²) in [5.74, 6) is 0.271. The Hall–Kier alpha value is -1.40. The van der Waals surface area contributed by atoms with Crippen molar-refractivity contribution >= 4 is 15.9 Å². The average molecular weight is 282 g/mol. The number of nitrogens with two attached hydrogens (primary N) is 1. The average Bonchev–Trinajstić information content (AvgIpc) is 3.02. The highest BCUT2D eigenvalue weighted by molar-refractivity contribution is 7.89. The number of hydrogen-bond acceptors (Lipinski definition) is 3. The van der Waals surface area contributed by atoms with Crippen LogP contribution in [0.1, 0.15) is 36.2 Å². The molecule has 6 heteroatoms. The van der Waals surface area contributed by atoms with Crippen LogP contribution in [0.5, 0.6) is 0 Å². The molecule has 1 aliphatic rings. The van der Waals surface area contributed by atoms with Crippen LogP contribution in [-0.4, -0.2) is 20.4 Å². The molecule has 1 aliphatic carbocycles. The lowest BCUT2D eigenvalue weighted by Crippen LogP contribution is -2.28. The van der Waals surface area contributed by atoms with Crippen molar-refractivity contribution in [1.29, 1.82) is 0 Å². The number of nitrogens with one attached hydrogen (secondary N) is 1. The molecule has 0 spiro atoms.